The summed E-state index contributed by atoms with van der Waals surface area (Å²) in [5.74, 6) is -0.124. The van der Waals surface area contributed by atoms with E-state index < -0.39 is 0 Å². The summed E-state index contributed by atoms with van der Waals surface area (Å²) in [6.07, 6.45) is 3.67. The predicted molar refractivity (Wildman–Crippen MR) is 100 cm³/mol. The van der Waals surface area contributed by atoms with Crippen molar-refractivity contribution in [1.29, 1.82) is 0 Å². The molecule has 5 heteroatoms. The van der Waals surface area contributed by atoms with Crippen LogP contribution >= 0.6 is 0 Å². The number of carbonyl (C=O) groups is 2. The van der Waals surface area contributed by atoms with Crippen LogP contribution < -0.4 is 5.56 Å². The Balaban J connectivity index is 1.67. The van der Waals surface area contributed by atoms with Crippen molar-refractivity contribution in [1.82, 2.24) is 9.47 Å². The number of nitrogens with zero attached hydrogens (tertiary/aromatic N) is 2. The SMILES string of the molecule is CCn1ccc(C(=O)N2CCC[C@H](C(=O)Cc3ccccc3)C2)cc1=O. The van der Waals surface area contributed by atoms with E-state index in [1.165, 1.54) is 6.07 Å². The number of aryl methyl sites for hydroxylation is 1. The second kappa shape index (κ2) is 8.13. The number of likely N-dealkylation sites (tertiary alicyclic amines) is 1. The van der Waals surface area contributed by atoms with Crippen LogP contribution in [0.15, 0.2) is 53.5 Å². The molecule has 0 aliphatic carbocycles. The minimum atomic E-state index is -0.174. The highest BCUT2D eigenvalue weighted by Gasteiger charge is 2.28. The Morgan fingerprint density at radius 1 is 1.15 bits per heavy atom. The molecule has 3 rings (SSSR count). The Labute approximate surface area is 153 Å². The number of hydrogen-bond donors (Lipinski definition) is 0. The Morgan fingerprint density at radius 3 is 2.62 bits per heavy atom. The largest absolute Gasteiger partial charge is 0.338 e. The fourth-order valence-corrected chi connectivity index (χ4v) is 3.45. The van der Waals surface area contributed by atoms with Gasteiger partial charge in [0.1, 0.15) is 5.78 Å². The highest BCUT2D eigenvalue weighted by atomic mass is 16.2. The molecule has 2 aromatic rings. The third-order valence-electron chi connectivity index (χ3n) is 4.97. The molecule has 0 N–H and O–H groups in total. The molecule has 1 atom stereocenters. The van der Waals surface area contributed by atoms with E-state index >= 15 is 0 Å². The van der Waals surface area contributed by atoms with Crippen molar-refractivity contribution in [2.24, 2.45) is 5.92 Å². The molecule has 5 nitrogen and oxygen atoms in total. The summed E-state index contributed by atoms with van der Waals surface area (Å²) in [6.45, 7) is 3.52. The maximum atomic E-state index is 12.7. The van der Waals surface area contributed by atoms with Crippen LogP contribution in [0.25, 0.3) is 0 Å². The fourth-order valence-electron chi connectivity index (χ4n) is 3.45. The van der Waals surface area contributed by atoms with Crippen LogP contribution in [0.2, 0.25) is 0 Å². The topological polar surface area (TPSA) is 59.4 Å². The maximum absolute atomic E-state index is 12.7. The number of rotatable bonds is 5. The average molecular weight is 352 g/mol. The Kier molecular flexibility index (Phi) is 5.66. The molecule has 1 fully saturated rings. The molecule has 1 saturated heterocycles. The van der Waals surface area contributed by atoms with Crippen LogP contribution in [-0.4, -0.2) is 34.2 Å². The molecular formula is C21H24N2O3. The van der Waals surface area contributed by atoms with E-state index in [1.807, 2.05) is 37.3 Å². The summed E-state index contributed by atoms with van der Waals surface area (Å²) >= 11 is 0. The lowest BCUT2D eigenvalue weighted by atomic mass is 9.90. The Bertz CT molecular complexity index is 842. The van der Waals surface area contributed by atoms with Gasteiger partial charge in [-0.05, 0) is 31.4 Å². The van der Waals surface area contributed by atoms with Crippen molar-refractivity contribution in [2.75, 3.05) is 13.1 Å². The average Bonchev–Trinajstić information content (AvgIpc) is 2.68. The first kappa shape index (κ1) is 18.1. The van der Waals surface area contributed by atoms with Gasteiger partial charge in [-0.1, -0.05) is 30.3 Å². The molecule has 0 radical (unpaired) electrons. The first-order chi connectivity index (χ1) is 12.6. The summed E-state index contributed by atoms with van der Waals surface area (Å²) in [4.78, 5) is 39.0. The van der Waals surface area contributed by atoms with Crippen LogP contribution in [0.3, 0.4) is 0 Å². The highest BCUT2D eigenvalue weighted by molar-refractivity contribution is 5.94. The smallest absolute Gasteiger partial charge is 0.254 e. The molecule has 136 valence electrons. The zero-order valence-electron chi connectivity index (χ0n) is 15.1. The summed E-state index contributed by atoms with van der Waals surface area (Å²) in [5.41, 5.74) is 1.23. The van der Waals surface area contributed by atoms with Gasteiger partial charge in [-0.3, -0.25) is 14.4 Å². The molecule has 1 aromatic heterocycles. The fraction of sp³-hybridized carbons (Fsp3) is 0.381. The first-order valence-corrected chi connectivity index (χ1v) is 9.15. The summed E-state index contributed by atoms with van der Waals surface area (Å²) in [5, 5.41) is 0. The van der Waals surface area contributed by atoms with Crippen molar-refractivity contribution in [2.45, 2.75) is 32.7 Å². The monoisotopic (exact) mass is 352 g/mol. The van der Waals surface area contributed by atoms with Crippen molar-refractivity contribution >= 4 is 11.7 Å². The van der Waals surface area contributed by atoms with E-state index in [1.54, 1.807) is 21.7 Å². The lowest BCUT2D eigenvalue weighted by Gasteiger charge is -2.32. The number of Topliss-reactive ketones (excluding diaryl/α,β-unsaturated/α-hetero) is 1. The number of carbonyl (C=O) groups excluding carboxylic acids is 2. The molecule has 1 amide bonds. The van der Waals surface area contributed by atoms with E-state index in [-0.39, 0.29) is 23.2 Å². The van der Waals surface area contributed by atoms with E-state index in [2.05, 4.69) is 0 Å². The molecule has 26 heavy (non-hydrogen) atoms. The van der Waals surface area contributed by atoms with Gasteiger partial charge >= 0.3 is 0 Å². The number of benzene rings is 1. The van der Waals surface area contributed by atoms with Gasteiger partial charge in [0.2, 0.25) is 0 Å². The van der Waals surface area contributed by atoms with Gasteiger partial charge in [0.05, 0.1) is 0 Å². The standard InChI is InChI=1S/C21H24N2O3/c1-2-22-12-10-17(14-20(22)25)21(26)23-11-6-9-18(15-23)19(24)13-16-7-4-3-5-8-16/h3-5,7-8,10,12,14,18H,2,6,9,11,13,15H2,1H3/t18-/m0/s1. The Hall–Kier alpha value is -2.69. The minimum absolute atomic E-state index is 0.135. The van der Waals surface area contributed by atoms with Gasteiger partial charge in [0, 0.05) is 49.8 Å². The zero-order valence-corrected chi connectivity index (χ0v) is 15.1. The molecule has 0 unspecified atom stereocenters. The highest BCUT2D eigenvalue weighted by Crippen LogP contribution is 2.21. The number of hydrogen-bond acceptors (Lipinski definition) is 3. The van der Waals surface area contributed by atoms with Gasteiger partial charge in [-0.2, -0.15) is 0 Å². The number of piperidine rings is 1. The van der Waals surface area contributed by atoms with Crippen LogP contribution in [0.5, 0.6) is 0 Å². The van der Waals surface area contributed by atoms with Crippen molar-refractivity contribution in [3.8, 4) is 0 Å². The molecule has 1 aromatic carbocycles. The second-order valence-electron chi connectivity index (χ2n) is 6.76. The van der Waals surface area contributed by atoms with Gasteiger partial charge in [0.25, 0.3) is 11.5 Å². The van der Waals surface area contributed by atoms with Gasteiger partial charge in [-0.15, -0.1) is 0 Å². The first-order valence-electron chi connectivity index (χ1n) is 9.15. The summed E-state index contributed by atoms with van der Waals surface area (Å²) in [6, 6.07) is 12.8. The maximum Gasteiger partial charge on any atom is 0.254 e. The summed E-state index contributed by atoms with van der Waals surface area (Å²) in [7, 11) is 0. The van der Waals surface area contributed by atoms with Crippen LogP contribution in [0.4, 0.5) is 0 Å². The predicted octanol–water partition coefficient (Wildman–Crippen LogP) is 2.53. The quantitative estimate of drug-likeness (QED) is 0.831. The number of ketones is 1. The molecule has 2 heterocycles. The molecule has 0 spiro atoms. The van der Waals surface area contributed by atoms with Gasteiger partial charge in [-0.25, -0.2) is 0 Å². The minimum Gasteiger partial charge on any atom is -0.338 e. The van der Waals surface area contributed by atoms with Gasteiger partial charge in [0.15, 0.2) is 0 Å². The van der Waals surface area contributed by atoms with E-state index in [0.717, 1.165) is 18.4 Å². The van der Waals surface area contributed by atoms with Crippen molar-refractivity contribution in [3.63, 3.8) is 0 Å². The normalized spacial score (nSPS) is 17.1. The van der Waals surface area contributed by atoms with Crippen LogP contribution in [-0.2, 0) is 17.8 Å². The molecule has 1 aliphatic heterocycles. The van der Waals surface area contributed by atoms with E-state index in [9.17, 15) is 14.4 Å². The zero-order chi connectivity index (χ0) is 18.5. The summed E-state index contributed by atoms with van der Waals surface area (Å²) < 4.78 is 1.55. The van der Waals surface area contributed by atoms with E-state index in [4.69, 9.17) is 0 Å². The second-order valence-corrected chi connectivity index (χ2v) is 6.76. The van der Waals surface area contributed by atoms with Crippen molar-refractivity contribution < 1.29 is 9.59 Å². The van der Waals surface area contributed by atoms with Crippen molar-refractivity contribution in [3.05, 3.63) is 70.1 Å². The Morgan fingerprint density at radius 2 is 1.92 bits per heavy atom. The lowest BCUT2D eigenvalue weighted by Crippen LogP contribution is -2.43. The molecular weight excluding hydrogens is 328 g/mol. The number of aromatic nitrogens is 1. The third kappa shape index (κ3) is 4.10. The number of pyridine rings is 1. The molecule has 1 aliphatic rings. The van der Waals surface area contributed by atoms with E-state index in [0.29, 0.717) is 31.6 Å². The molecule has 0 saturated carbocycles. The lowest BCUT2D eigenvalue weighted by molar-refractivity contribution is -0.123. The van der Waals surface area contributed by atoms with Gasteiger partial charge < -0.3 is 9.47 Å². The van der Waals surface area contributed by atoms with Crippen LogP contribution in [0.1, 0.15) is 35.7 Å². The number of amides is 1. The third-order valence-corrected chi connectivity index (χ3v) is 4.97. The van der Waals surface area contributed by atoms with Crippen LogP contribution in [0, 0.1) is 5.92 Å². The molecule has 0 bridgehead atoms.